The Kier molecular flexibility index (Phi) is 1.43. The molecule has 56 valence electrons. The smallest absolute Gasteiger partial charge is 0.136 e. The molecule has 0 aliphatic heterocycles. The quantitative estimate of drug-likeness (QED) is 0.575. The first-order valence-electron chi connectivity index (χ1n) is 3.44. The molecule has 0 spiro atoms. The van der Waals surface area contributed by atoms with E-state index in [2.05, 4.69) is 0 Å². The molecule has 0 fully saturated rings. The Bertz CT molecular complexity index is 335. The predicted molar refractivity (Wildman–Crippen MR) is 46.0 cm³/mol. The van der Waals surface area contributed by atoms with Crippen molar-refractivity contribution in [3.8, 4) is 11.3 Å². The SMILES string of the molecule is [SiH3]c1cocc1-c1ccco1. The lowest BCUT2D eigenvalue weighted by molar-refractivity contribution is 0.561. The van der Waals surface area contributed by atoms with E-state index in [1.54, 1.807) is 18.8 Å². The Hall–Kier alpha value is -1.22. The van der Waals surface area contributed by atoms with Crippen molar-refractivity contribution < 1.29 is 8.83 Å². The average molecular weight is 164 g/mol. The molecule has 2 aromatic heterocycles. The number of rotatable bonds is 1. The van der Waals surface area contributed by atoms with Gasteiger partial charge >= 0.3 is 0 Å². The fourth-order valence-corrected chi connectivity index (χ4v) is 1.55. The summed E-state index contributed by atoms with van der Waals surface area (Å²) in [7, 11) is 0.990. The van der Waals surface area contributed by atoms with Crippen LogP contribution < -0.4 is 5.19 Å². The Morgan fingerprint density at radius 2 is 2.18 bits per heavy atom. The van der Waals surface area contributed by atoms with Crippen LogP contribution in [0.3, 0.4) is 0 Å². The van der Waals surface area contributed by atoms with E-state index in [9.17, 15) is 0 Å². The fourth-order valence-electron chi connectivity index (χ4n) is 1.04. The summed E-state index contributed by atoms with van der Waals surface area (Å²) in [6.07, 6.45) is 5.16. The van der Waals surface area contributed by atoms with E-state index in [1.807, 2.05) is 12.1 Å². The second-order valence-corrected chi connectivity index (χ2v) is 3.52. The van der Waals surface area contributed by atoms with Crippen LogP contribution in [0.2, 0.25) is 0 Å². The third-order valence-corrected chi connectivity index (χ3v) is 2.42. The zero-order valence-corrected chi connectivity index (χ0v) is 8.20. The van der Waals surface area contributed by atoms with Gasteiger partial charge in [-0.25, -0.2) is 0 Å². The first kappa shape index (κ1) is 6.48. The van der Waals surface area contributed by atoms with Crippen molar-refractivity contribution in [1.82, 2.24) is 0 Å². The second kappa shape index (κ2) is 2.43. The molecule has 2 heterocycles. The maximum absolute atomic E-state index is 5.22. The van der Waals surface area contributed by atoms with Crippen LogP contribution in [0.5, 0.6) is 0 Å². The van der Waals surface area contributed by atoms with Gasteiger partial charge in [-0.2, -0.15) is 0 Å². The molecule has 0 radical (unpaired) electrons. The van der Waals surface area contributed by atoms with Gasteiger partial charge in [-0.3, -0.25) is 0 Å². The minimum absolute atomic E-state index is 0.892. The molecule has 0 bridgehead atoms. The highest BCUT2D eigenvalue weighted by molar-refractivity contribution is 6.35. The summed E-state index contributed by atoms with van der Waals surface area (Å²) in [5.41, 5.74) is 1.08. The highest BCUT2D eigenvalue weighted by atomic mass is 28.1. The molecule has 0 aliphatic carbocycles. The molecule has 0 aliphatic rings. The van der Waals surface area contributed by atoms with Crippen molar-refractivity contribution in [3.05, 3.63) is 30.9 Å². The summed E-state index contributed by atoms with van der Waals surface area (Å²) in [5.74, 6) is 0.892. The zero-order valence-electron chi connectivity index (χ0n) is 6.20. The van der Waals surface area contributed by atoms with Gasteiger partial charge in [0.25, 0.3) is 0 Å². The van der Waals surface area contributed by atoms with Crippen molar-refractivity contribution in [2.45, 2.75) is 0 Å². The molecule has 0 saturated heterocycles. The summed E-state index contributed by atoms with van der Waals surface area (Å²) in [6, 6.07) is 3.82. The lowest BCUT2D eigenvalue weighted by Gasteiger charge is -1.89. The molecular weight excluding hydrogens is 156 g/mol. The van der Waals surface area contributed by atoms with Gasteiger partial charge in [-0.05, 0) is 17.3 Å². The van der Waals surface area contributed by atoms with Gasteiger partial charge in [0.2, 0.25) is 0 Å². The molecule has 0 amide bonds. The van der Waals surface area contributed by atoms with E-state index >= 15 is 0 Å². The highest BCUT2D eigenvalue weighted by Gasteiger charge is 2.04. The van der Waals surface area contributed by atoms with Crippen molar-refractivity contribution in [2.24, 2.45) is 0 Å². The monoisotopic (exact) mass is 164 g/mol. The number of hydrogen-bond donors (Lipinski definition) is 0. The zero-order chi connectivity index (χ0) is 7.68. The minimum Gasteiger partial charge on any atom is -0.472 e. The third-order valence-electron chi connectivity index (χ3n) is 1.64. The standard InChI is InChI=1S/C8H8O2Si/c11-8-5-9-4-6(8)7-2-1-3-10-7/h1-5H,11H3. The van der Waals surface area contributed by atoms with Gasteiger partial charge in [0.05, 0.1) is 18.1 Å². The topological polar surface area (TPSA) is 26.3 Å². The summed E-state index contributed by atoms with van der Waals surface area (Å²) in [4.78, 5) is 0. The van der Waals surface area contributed by atoms with Gasteiger partial charge in [-0.15, -0.1) is 0 Å². The van der Waals surface area contributed by atoms with Crippen LogP contribution in [0, 0.1) is 0 Å². The van der Waals surface area contributed by atoms with Gasteiger partial charge < -0.3 is 8.83 Å². The van der Waals surface area contributed by atoms with E-state index < -0.39 is 0 Å². The van der Waals surface area contributed by atoms with Crippen LogP contribution in [0.4, 0.5) is 0 Å². The average Bonchev–Trinajstić information content (AvgIpc) is 2.55. The molecule has 0 N–H and O–H groups in total. The maximum atomic E-state index is 5.22. The first-order chi connectivity index (χ1) is 5.38. The molecule has 0 saturated carbocycles. The predicted octanol–water partition coefficient (Wildman–Crippen LogP) is 0.530. The number of furan rings is 2. The van der Waals surface area contributed by atoms with Crippen LogP contribution in [0.25, 0.3) is 11.3 Å². The lowest BCUT2D eigenvalue weighted by Crippen LogP contribution is -1.99. The maximum Gasteiger partial charge on any atom is 0.136 e. The van der Waals surface area contributed by atoms with Crippen LogP contribution in [-0.4, -0.2) is 10.2 Å². The lowest BCUT2D eigenvalue weighted by atomic mass is 10.3. The second-order valence-electron chi connectivity index (χ2n) is 2.45. The van der Waals surface area contributed by atoms with E-state index in [-0.39, 0.29) is 0 Å². The van der Waals surface area contributed by atoms with E-state index in [0.29, 0.717) is 0 Å². The Balaban J connectivity index is 2.53. The molecule has 2 rings (SSSR count). The van der Waals surface area contributed by atoms with Crippen LogP contribution in [0.1, 0.15) is 0 Å². The molecular formula is C8H8O2Si. The van der Waals surface area contributed by atoms with Crippen molar-refractivity contribution in [2.75, 3.05) is 0 Å². The summed E-state index contributed by atoms with van der Waals surface area (Å²) in [6.45, 7) is 0. The van der Waals surface area contributed by atoms with Crippen LogP contribution in [0.15, 0.2) is 39.8 Å². The Morgan fingerprint density at radius 1 is 1.27 bits per heavy atom. The largest absolute Gasteiger partial charge is 0.472 e. The summed E-state index contributed by atoms with van der Waals surface area (Å²) >= 11 is 0. The number of hydrogen-bond acceptors (Lipinski definition) is 2. The molecule has 0 atom stereocenters. The molecule has 0 aromatic carbocycles. The van der Waals surface area contributed by atoms with Crippen LogP contribution in [-0.2, 0) is 0 Å². The van der Waals surface area contributed by atoms with Gasteiger partial charge in [0, 0.05) is 10.2 Å². The normalized spacial score (nSPS) is 10.5. The van der Waals surface area contributed by atoms with Gasteiger partial charge in [0.15, 0.2) is 0 Å². The molecule has 2 aromatic rings. The van der Waals surface area contributed by atoms with E-state index in [0.717, 1.165) is 21.6 Å². The van der Waals surface area contributed by atoms with Crippen molar-refractivity contribution >= 4 is 15.4 Å². The Labute approximate surface area is 67.2 Å². The summed E-state index contributed by atoms with van der Waals surface area (Å²) in [5, 5.41) is 1.24. The molecule has 0 unspecified atom stereocenters. The third kappa shape index (κ3) is 1.03. The van der Waals surface area contributed by atoms with Crippen molar-refractivity contribution in [3.63, 3.8) is 0 Å². The highest BCUT2D eigenvalue weighted by Crippen LogP contribution is 2.16. The van der Waals surface area contributed by atoms with E-state index in [4.69, 9.17) is 8.83 Å². The first-order valence-corrected chi connectivity index (χ1v) is 4.44. The molecule has 3 heteroatoms. The van der Waals surface area contributed by atoms with Gasteiger partial charge in [0.1, 0.15) is 12.0 Å². The summed E-state index contributed by atoms with van der Waals surface area (Å²) < 4.78 is 10.3. The minimum atomic E-state index is 0.892. The van der Waals surface area contributed by atoms with Crippen molar-refractivity contribution in [1.29, 1.82) is 0 Å². The van der Waals surface area contributed by atoms with Gasteiger partial charge in [-0.1, -0.05) is 0 Å². The molecule has 2 nitrogen and oxygen atoms in total. The Morgan fingerprint density at radius 3 is 2.73 bits per heavy atom. The fraction of sp³-hybridized carbons (Fsp3) is 0. The molecule has 11 heavy (non-hydrogen) atoms. The van der Waals surface area contributed by atoms with Crippen LogP contribution >= 0.6 is 0 Å². The van der Waals surface area contributed by atoms with E-state index in [1.165, 1.54) is 5.19 Å².